The molecule has 0 unspecified atom stereocenters. The van der Waals surface area contributed by atoms with Crippen molar-refractivity contribution in [1.82, 2.24) is 5.32 Å². The predicted octanol–water partition coefficient (Wildman–Crippen LogP) is 0.283. The summed E-state index contributed by atoms with van der Waals surface area (Å²) in [5.74, 6) is 0.445. The average molecular weight is 157 g/mol. The van der Waals surface area contributed by atoms with Crippen molar-refractivity contribution >= 4 is 5.91 Å². The average Bonchev–Trinajstić information content (AvgIpc) is 2.34. The maximum Gasteiger partial charge on any atom is 0.217 e. The van der Waals surface area contributed by atoms with Crippen LogP contribution in [0.4, 0.5) is 0 Å². The zero-order valence-electron chi connectivity index (χ0n) is 6.84. The van der Waals surface area contributed by atoms with E-state index in [0.717, 1.165) is 19.3 Å². The molecule has 0 aromatic rings. The maximum atomic E-state index is 10.6. The number of amides is 1. The Balaban J connectivity index is 2.24. The van der Waals surface area contributed by atoms with Gasteiger partial charge in [-0.05, 0) is 25.2 Å². The molecule has 1 aliphatic carbocycles. The Morgan fingerprint density at radius 1 is 1.64 bits per heavy atom. The van der Waals surface area contributed by atoms with Crippen molar-refractivity contribution in [1.29, 1.82) is 0 Å². The topological polar surface area (TPSA) is 49.3 Å². The number of carbonyl (C=O) groups excluding carboxylic acids is 1. The molecule has 0 saturated heterocycles. The minimum Gasteiger partial charge on any atom is -0.396 e. The summed E-state index contributed by atoms with van der Waals surface area (Å²) < 4.78 is 0. The highest BCUT2D eigenvalue weighted by Crippen LogP contribution is 2.24. The minimum atomic E-state index is 0.0357. The highest BCUT2D eigenvalue weighted by Gasteiger charge is 2.23. The van der Waals surface area contributed by atoms with Crippen LogP contribution >= 0.6 is 0 Å². The van der Waals surface area contributed by atoms with Crippen LogP contribution in [0.25, 0.3) is 0 Å². The molecule has 2 N–H and O–H groups in total. The van der Waals surface area contributed by atoms with Crippen LogP contribution in [-0.4, -0.2) is 23.7 Å². The van der Waals surface area contributed by atoms with Gasteiger partial charge in [-0.25, -0.2) is 0 Å². The molecule has 3 heteroatoms. The SMILES string of the molecule is CC(=O)N[C@@H]1CC[C@H](CO)C1. The molecule has 11 heavy (non-hydrogen) atoms. The van der Waals surface area contributed by atoms with Crippen molar-refractivity contribution in [3.8, 4) is 0 Å². The molecular formula is C8H15NO2. The number of carbonyl (C=O) groups is 1. The molecule has 64 valence electrons. The fraction of sp³-hybridized carbons (Fsp3) is 0.875. The van der Waals surface area contributed by atoms with Crippen LogP contribution in [0, 0.1) is 5.92 Å². The second-order valence-corrected chi connectivity index (χ2v) is 3.26. The Morgan fingerprint density at radius 3 is 2.82 bits per heavy atom. The second kappa shape index (κ2) is 3.72. The number of rotatable bonds is 2. The summed E-state index contributed by atoms with van der Waals surface area (Å²) in [7, 11) is 0. The smallest absolute Gasteiger partial charge is 0.217 e. The van der Waals surface area contributed by atoms with Crippen LogP contribution in [0.5, 0.6) is 0 Å². The quantitative estimate of drug-likeness (QED) is 0.605. The van der Waals surface area contributed by atoms with Gasteiger partial charge in [0.2, 0.25) is 5.91 Å². The van der Waals surface area contributed by atoms with E-state index in [9.17, 15) is 4.79 Å². The lowest BCUT2D eigenvalue weighted by molar-refractivity contribution is -0.119. The highest BCUT2D eigenvalue weighted by atomic mass is 16.3. The fourth-order valence-electron chi connectivity index (χ4n) is 1.66. The van der Waals surface area contributed by atoms with Crippen molar-refractivity contribution in [3.05, 3.63) is 0 Å². The van der Waals surface area contributed by atoms with Gasteiger partial charge in [0.1, 0.15) is 0 Å². The van der Waals surface area contributed by atoms with Gasteiger partial charge >= 0.3 is 0 Å². The van der Waals surface area contributed by atoms with Gasteiger partial charge in [-0.15, -0.1) is 0 Å². The third kappa shape index (κ3) is 2.50. The molecule has 0 aromatic carbocycles. The van der Waals surface area contributed by atoms with Gasteiger partial charge in [0.05, 0.1) is 0 Å². The van der Waals surface area contributed by atoms with Crippen LogP contribution in [-0.2, 0) is 4.79 Å². The first-order chi connectivity index (χ1) is 5.22. The van der Waals surface area contributed by atoms with Crippen LogP contribution in [0.3, 0.4) is 0 Å². The summed E-state index contributed by atoms with van der Waals surface area (Å²) in [6.07, 6.45) is 3.00. The fourth-order valence-corrected chi connectivity index (χ4v) is 1.66. The molecule has 0 aliphatic heterocycles. The van der Waals surface area contributed by atoms with Crippen LogP contribution in [0.15, 0.2) is 0 Å². The molecule has 0 spiro atoms. The Labute approximate surface area is 66.8 Å². The Bertz CT molecular complexity index is 147. The third-order valence-electron chi connectivity index (χ3n) is 2.21. The van der Waals surface area contributed by atoms with E-state index >= 15 is 0 Å². The van der Waals surface area contributed by atoms with Crippen LogP contribution in [0.2, 0.25) is 0 Å². The van der Waals surface area contributed by atoms with E-state index in [1.54, 1.807) is 0 Å². The Kier molecular flexibility index (Phi) is 2.88. The van der Waals surface area contributed by atoms with Gasteiger partial charge in [0.25, 0.3) is 0 Å². The number of hydrogen-bond acceptors (Lipinski definition) is 2. The normalized spacial score (nSPS) is 30.4. The standard InChI is InChI=1S/C8H15NO2/c1-6(11)9-8-3-2-7(4-8)5-10/h7-8,10H,2-5H2,1H3,(H,9,11)/t7-,8+/m0/s1. The second-order valence-electron chi connectivity index (χ2n) is 3.26. The molecule has 0 aromatic heterocycles. The molecule has 0 bridgehead atoms. The van der Waals surface area contributed by atoms with Gasteiger partial charge < -0.3 is 10.4 Å². The lowest BCUT2D eigenvalue weighted by Crippen LogP contribution is -2.30. The van der Waals surface area contributed by atoms with Gasteiger partial charge in [-0.1, -0.05) is 0 Å². The molecule has 1 fully saturated rings. The Hall–Kier alpha value is -0.570. The zero-order chi connectivity index (χ0) is 8.27. The lowest BCUT2D eigenvalue weighted by Gasteiger charge is -2.09. The van der Waals surface area contributed by atoms with Crippen molar-refractivity contribution in [3.63, 3.8) is 0 Å². The van der Waals surface area contributed by atoms with E-state index in [1.165, 1.54) is 6.92 Å². The van der Waals surface area contributed by atoms with Gasteiger partial charge in [0, 0.05) is 19.6 Å². The summed E-state index contributed by atoms with van der Waals surface area (Å²) in [6.45, 7) is 1.79. The number of nitrogens with one attached hydrogen (secondary N) is 1. The van der Waals surface area contributed by atoms with Crippen molar-refractivity contribution in [2.24, 2.45) is 5.92 Å². The number of aliphatic hydroxyl groups is 1. The van der Waals surface area contributed by atoms with Crippen LogP contribution in [0.1, 0.15) is 26.2 Å². The highest BCUT2D eigenvalue weighted by molar-refractivity contribution is 5.73. The first-order valence-corrected chi connectivity index (χ1v) is 4.10. The molecule has 0 radical (unpaired) electrons. The first kappa shape index (κ1) is 8.53. The molecule has 0 heterocycles. The monoisotopic (exact) mass is 157 g/mol. The van der Waals surface area contributed by atoms with Crippen LogP contribution < -0.4 is 5.32 Å². The minimum absolute atomic E-state index is 0.0357. The zero-order valence-corrected chi connectivity index (χ0v) is 6.84. The summed E-state index contributed by atoms with van der Waals surface area (Å²) in [4.78, 5) is 10.6. The maximum absolute atomic E-state index is 10.6. The van der Waals surface area contributed by atoms with Crippen molar-refractivity contribution < 1.29 is 9.90 Å². The molecular weight excluding hydrogens is 142 g/mol. The lowest BCUT2D eigenvalue weighted by atomic mass is 10.1. The van der Waals surface area contributed by atoms with E-state index < -0.39 is 0 Å². The number of aliphatic hydroxyl groups excluding tert-OH is 1. The van der Waals surface area contributed by atoms with Gasteiger partial charge in [0.15, 0.2) is 0 Å². The van der Waals surface area contributed by atoms with E-state index in [4.69, 9.17) is 5.11 Å². The number of hydrogen-bond donors (Lipinski definition) is 2. The molecule has 1 saturated carbocycles. The van der Waals surface area contributed by atoms with Crippen molar-refractivity contribution in [2.75, 3.05) is 6.61 Å². The van der Waals surface area contributed by atoms with Gasteiger partial charge in [-0.3, -0.25) is 4.79 Å². The Morgan fingerprint density at radius 2 is 2.36 bits per heavy atom. The van der Waals surface area contributed by atoms with Crippen molar-refractivity contribution in [2.45, 2.75) is 32.2 Å². The molecule has 1 aliphatic rings. The van der Waals surface area contributed by atoms with E-state index in [0.29, 0.717) is 12.0 Å². The predicted molar refractivity (Wildman–Crippen MR) is 42.0 cm³/mol. The molecule has 3 nitrogen and oxygen atoms in total. The molecule has 1 rings (SSSR count). The molecule has 1 amide bonds. The van der Waals surface area contributed by atoms with Gasteiger partial charge in [-0.2, -0.15) is 0 Å². The summed E-state index contributed by atoms with van der Waals surface area (Å²) >= 11 is 0. The first-order valence-electron chi connectivity index (χ1n) is 4.10. The summed E-state index contributed by atoms with van der Waals surface area (Å²) in [6, 6.07) is 0.310. The van der Waals surface area contributed by atoms with E-state index in [1.807, 2.05) is 0 Å². The summed E-state index contributed by atoms with van der Waals surface area (Å²) in [5, 5.41) is 11.7. The summed E-state index contributed by atoms with van der Waals surface area (Å²) in [5.41, 5.74) is 0. The van der Waals surface area contributed by atoms with E-state index in [2.05, 4.69) is 5.32 Å². The third-order valence-corrected chi connectivity index (χ3v) is 2.21. The largest absolute Gasteiger partial charge is 0.396 e. The van der Waals surface area contributed by atoms with E-state index in [-0.39, 0.29) is 12.5 Å². The molecule has 2 atom stereocenters.